The molecule has 7 heteroatoms. The fourth-order valence-electron chi connectivity index (χ4n) is 3.79. The van der Waals surface area contributed by atoms with E-state index in [4.69, 9.17) is 0 Å². The minimum absolute atomic E-state index is 0.0976. The predicted molar refractivity (Wildman–Crippen MR) is 103 cm³/mol. The standard InChI is InChI=1S/C19H21N5OS/c25-17-9-16(14-1-2-14)22-12-24(17)10-13-3-6-23(7-4-13)19-18-15(5-8-26-18)20-11-21-19/h5,8-9,11-14H,1-4,6-7,10H2. The number of piperidine rings is 1. The number of hydrogen-bond acceptors (Lipinski definition) is 6. The van der Waals surface area contributed by atoms with Crippen LogP contribution >= 0.6 is 11.3 Å². The van der Waals surface area contributed by atoms with E-state index in [1.165, 1.54) is 17.5 Å². The van der Waals surface area contributed by atoms with Gasteiger partial charge in [0.25, 0.3) is 5.56 Å². The van der Waals surface area contributed by atoms with Gasteiger partial charge in [0.2, 0.25) is 0 Å². The Kier molecular flexibility index (Phi) is 3.96. The molecule has 4 heterocycles. The number of anilines is 1. The van der Waals surface area contributed by atoms with Crippen molar-refractivity contribution in [1.82, 2.24) is 19.5 Å². The Hall–Kier alpha value is -2.28. The second-order valence-electron chi connectivity index (χ2n) is 7.34. The zero-order valence-electron chi connectivity index (χ0n) is 14.5. The molecule has 0 aromatic carbocycles. The molecule has 1 aliphatic heterocycles. The predicted octanol–water partition coefficient (Wildman–Crippen LogP) is 3.04. The highest BCUT2D eigenvalue weighted by molar-refractivity contribution is 7.17. The maximum Gasteiger partial charge on any atom is 0.253 e. The van der Waals surface area contributed by atoms with E-state index in [2.05, 4.69) is 25.2 Å². The molecule has 0 amide bonds. The minimum atomic E-state index is 0.0976. The lowest BCUT2D eigenvalue weighted by Crippen LogP contribution is -2.36. The summed E-state index contributed by atoms with van der Waals surface area (Å²) in [5.74, 6) is 2.09. The summed E-state index contributed by atoms with van der Waals surface area (Å²) >= 11 is 1.70. The summed E-state index contributed by atoms with van der Waals surface area (Å²) in [4.78, 5) is 28.0. The van der Waals surface area contributed by atoms with Gasteiger partial charge in [-0.1, -0.05) is 0 Å². The highest BCUT2D eigenvalue weighted by atomic mass is 32.1. The van der Waals surface area contributed by atoms with E-state index in [1.807, 2.05) is 6.07 Å². The quantitative estimate of drug-likeness (QED) is 0.709. The van der Waals surface area contributed by atoms with E-state index in [1.54, 1.807) is 34.6 Å². The smallest absolute Gasteiger partial charge is 0.253 e. The Morgan fingerprint density at radius 1 is 1.12 bits per heavy atom. The van der Waals surface area contributed by atoms with Gasteiger partial charge in [-0.25, -0.2) is 15.0 Å². The maximum absolute atomic E-state index is 12.3. The summed E-state index contributed by atoms with van der Waals surface area (Å²) in [5, 5.41) is 2.07. The van der Waals surface area contributed by atoms with Gasteiger partial charge in [-0.3, -0.25) is 9.36 Å². The average molecular weight is 367 g/mol. The maximum atomic E-state index is 12.3. The third-order valence-corrected chi connectivity index (χ3v) is 6.39. The first-order valence-electron chi connectivity index (χ1n) is 9.27. The van der Waals surface area contributed by atoms with Gasteiger partial charge in [-0.2, -0.15) is 0 Å². The topological polar surface area (TPSA) is 63.9 Å². The first-order valence-corrected chi connectivity index (χ1v) is 10.2. The number of hydrogen-bond donors (Lipinski definition) is 0. The van der Waals surface area contributed by atoms with Crippen LogP contribution in [0.3, 0.4) is 0 Å². The van der Waals surface area contributed by atoms with Crippen molar-refractivity contribution in [1.29, 1.82) is 0 Å². The normalized spacial score (nSPS) is 18.5. The van der Waals surface area contributed by atoms with Crippen molar-refractivity contribution in [2.24, 2.45) is 5.92 Å². The summed E-state index contributed by atoms with van der Waals surface area (Å²) in [6.45, 7) is 2.71. The highest BCUT2D eigenvalue weighted by Gasteiger charge is 2.26. The Bertz CT molecular complexity index is 985. The molecule has 0 N–H and O–H groups in total. The average Bonchev–Trinajstić information content (AvgIpc) is 3.40. The second kappa shape index (κ2) is 6.46. The molecule has 1 saturated heterocycles. The molecule has 3 aromatic heterocycles. The van der Waals surface area contributed by atoms with Crippen LogP contribution in [0.5, 0.6) is 0 Å². The Morgan fingerprint density at radius 2 is 1.96 bits per heavy atom. The summed E-state index contributed by atoms with van der Waals surface area (Å²) in [7, 11) is 0. The number of rotatable bonds is 4. The number of fused-ring (bicyclic) bond motifs is 1. The Morgan fingerprint density at radius 3 is 2.73 bits per heavy atom. The fraction of sp³-hybridized carbons (Fsp3) is 0.474. The molecule has 26 heavy (non-hydrogen) atoms. The van der Waals surface area contributed by atoms with Crippen LogP contribution in [0.2, 0.25) is 0 Å². The first-order chi connectivity index (χ1) is 12.8. The molecule has 6 nitrogen and oxygen atoms in total. The van der Waals surface area contributed by atoms with Gasteiger partial charge in [0, 0.05) is 31.6 Å². The van der Waals surface area contributed by atoms with E-state index in [-0.39, 0.29) is 5.56 Å². The largest absolute Gasteiger partial charge is 0.355 e. The summed E-state index contributed by atoms with van der Waals surface area (Å²) < 4.78 is 2.95. The molecule has 0 spiro atoms. The zero-order chi connectivity index (χ0) is 17.5. The van der Waals surface area contributed by atoms with Gasteiger partial charge in [-0.05, 0) is 43.0 Å². The van der Waals surface area contributed by atoms with E-state index in [0.29, 0.717) is 11.8 Å². The SMILES string of the molecule is O=c1cc(C2CC2)ncn1CC1CCN(c2ncnc3ccsc23)CC1. The highest BCUT2D eigenvalue weighted by Crippen LogP contribution is 2.38. The minimum Gasteiger partial charge on any atom is -0.355 e. The molecule has 0 radical (unpaired) electrons. The van der Waals surface area contributed by atoms with Gasteiger partial charge in [0.1, 0.15) is 12.1 Å². The van der Waals surface area contributed by atoms with Crippen LogP contribution in [0.15, 0.2) is 35.0 Å². The lowest BCUT2D eigenvalue weighted by molar-refractivity contribution is 0.350. The summed E-state index contributed by atoms with van der Waals surface area (Å²) in [6.07, 6.45) is 7.89. The van der Waals surface area contributed by atoms with Crippen LogP contribution in [0.1, 0.15) is 37.3 Å². The van der Waals surface area contributed by atoms with E-state index in [9.17, 15) is 4.79 Å². The Balaban J connectivity index is 1.26. The van der Waals surface area contributed by atoms with Crippen molar-refractivity contribution in [2.75, 3.05) is 18.0 Å². The van der Waals surface area contributed by atoms with E-state index < -0.39 is 0 Å². The second-order valence-corrected chi connectivity index (χ2v) is 8.26. The molecule has 0 unspecified atom stereocenters. The zero-order valence-corrected chi connectivity index (χ0v) is 15.4. The molecule has 3 aromatic rings. The van der Waals surface area contributed by atoms with Crippen LogP contribution < -0.4 is 10.5 Å². The number of thiophene rings is 1. The van der Waals surface area contributed by atoms with Crippen LogP contribution in [-0.2, 0) is 6.54 Å². The van der Waals surface area contributed by atoms with Crippen LogP contribution in [-0.4, -0.2) is 32.6 Å². The van der Waals surface area contributed by atoms with Crippen LogP contribution in [0.25, 0.3) is 10.2 Å². The molecule has 5 rings (SSSR count). The van der Waals surface area contributed by atoms with Crippen molar-refractivity contribution < 1.29 is 0 Å². The van der Waals surface area contributed by atoms with Gasteiger partial charge < -0.3 is 4.90 Å². The Labute approximate surface area is 155 Å². The molecule has 0 bridgehead atoms. The number of aromatic nitrogens is 4. The monoisotopic (exact) mass is 367 g/mol. The van der Waals surface area contributed by atoms with Crippen molar-refractivity contribution in [3.05, 3.63) is 46.2 Å². The molecule has 1 saturated carbocycles. The third-order valence-electron chi connectivity index (χ3n) is 5.49. The molecule has 134 valence electrons. The van der Waals surface area contributed by atoms with Crippen molar-refractivity contribution >= 4 is 27.4 Å². The van der Waals surface area contributed by atoms with E-state index >= 15 is 0 Å². The molecule has 2 aliphatic rings. The lowest BCUT2D eigenvalue weighted by Gasteiger charge is -2.33. The van der Waals surface area contributed by atoms with Gasteiger partial charge in [-0.15, -0.1) is 11.3 Å². The molecule has 2 fully saturated rings. The van der Waals surface area contributed by atoms with Crippen molar-refractivity contribution in [3.63, 3.8) is 0 Å². The van der Waals surface area contributed by atoms with Gasteiger partial charge in [0.15, 0.2) is 0 Å². The van der Waals surface area contributed by atoms with Crippen molar-refractivity contribution in [3.8, 4) is 0 Å². The fourth-order valence-corrected chi connectivity index (χ4v) is 4.65. The summed E-state index contributed by atoms with van der Waals surface area (Å²) in [5.41, 5.74) is 2.10. The first kappa shape index (κ1) is 15.9. The molecule has 0 atom stereocenters. The summed E-state index contributed by atoms with van der Waals surface area (Å²) in [6, 6.07) is 3.78. The van der Waals surface area contributed by atoms with E-state index in [0.717, 1.165) is 49.5 Å². The molecule has 1 aliphatic carbocycles. The molecular formula is C19H21N5OS. The van der Waals surface area contributed by atoms with Crippen LogP contribution in [0.4, 0.5) is 5.82 Å². The van der Waals surface area contributed by atoms with Gasteiger partial charge >= 0.3 is 0 Å². The van der Waals surface area contributed by atoms with Gasteiger partial charge in [0.05, 0.1) is 22.2 Å². The lowest BCUT2D eigenvalue weighted by atomic mass is 9.96. The number of nitrogens with zero attached hydrogens (tertiary/aromatic N) is 5. The van der Waals surface area contributed by atoms with Crippen LogP contribution in [0, 0.1) is 5.92 Å². The van der Waals surface area contributed by atoms with Crippen molar-refractivity contribution in [2.45, 2.75) is 38.1 Å². The molecular weight excluding hydrogens is 346 g/mol. The third kappa shape index (κ3) is 3.00.